The first-order chi connectivity index (χ1) is 20.6. The van der Waals surface area contributed by atoms with E-state index in [0.29, 0.717) is 0 Å². The van der Waals surface area contributed by atoms with E-state index < -0.39 is 51.7 Å². The summed E-state index contributed by atoms with van der Waals surface area (Å²) in [7, 11) is -2.53. The lowest BCUT2D eigenvalue weighted by molar-refractivity contribution is -0.118. The SMILES string of the molecule is CC(C)C(=O)Nc1nc2c(ncn2[C@@H]2O[C@H](CO)[C@@H](O[Si](C)(C)C(C)(C)C)[C@H]2OP(=S)(OCCC#N)OCCC#N)c(=O)[nH]1. The first-order valence-corrected chi connectivity index (χ1v) is 19.6. The van der Waals surface area contributed by atoms with Crippen LogP contribution in [0.3, 0.4) is 0 Å². The first-order valence-electron chi connectivity index (χ1n) is 14.1. The van der Waals surface area contributed by atoms with Crippen molar-refractivity contribution in [3.05, 3.63) is 16.7 Å². The largest absolute Gasteiger partial charge is 0.408 e. The molecule has 4 atom stereocenters. The molecule has 1 saturated heterocycles. The van der Waals surface area contributed by atoms with Gasteiger partial charge in [0.05, 0.1) is 51.1 Å². The third-order valence-electron chi connectivity index (χ3n) is 7.35. The number of amides is 1. The molecule has 0 saturated carbocycles. The summed E-state index contributed by atoms with van der Waals surface area (Å²) in [5, 5.41) is 30.9. The highest BCUT2D eigenvalue weighted by molar-refractivity contribution is 8.07. The number of aromatic nitrogens is 4. The van der Waals surface area contributed by atoms with E-state index in [2.05, 4.69) is 41.0 Å². The number of aromatic amines is 1. The molecule has 3 rings (SSSR count). The van der Waals surface area contributed by atoms with E-state index in [1.54, 1.807) is 13.8 Å². The van der Waals surface area contributed by atoms with Crippen molar-refractivity contribution in [3.63, 3.8) is 0 Å². The molecule has 18 heteroatoms. The molecular formula is C26H40N7O8PSSi. The number of carbonyl (C=O) groups excluding carboxylic acids is 1. The van der Waals surface area contributed by atoms with E-state index in [0.717, 1.165) is 0 Å². The van der Waals surface area contributed by atoms with E-state index in [1.165, 1.54) is 10.9 Å². The second kappa shape index (κ2) is 14.7. The molecule has 1 amide bonds. The maximum absolute atomic E-state index is 12.9. The Hall–Kier alpha value is -2.57. The van der Waals surface area contributed by atoms with Gasteiger partial charge in [0, 0.05) is 5.92 Å². The number of rotatable bonds is 14. The average molecular weight is 670 g/mol. The van der Waals surface area contributed by atoms with Crippen molar-refractivity contribution in [2.75, 3.05) is 25.1 Å². The molecule has 15 nitrogen and oxygen atoms in total. The highest BCUT2D eigenvalue weighted by Gasteiger charge is 2.53. The summed E-state index contributed by atoms with van der Waals surface area (Å²) in [6.07, 6.45) is -2.60. The minimum absolute atomic E-state index is 0.0147. The minimum atomic E-state index is -3.63. The zero-order chi connectivity index (χ0) is 32.9. The van der Waals surface area contributed by atoms with Crippen LogP contribution in [0.2, 0.25) is 18.1 Å². The van der Waals surface area contributed by atoms with Gasteiger partial charge in [0.2, 0.25) is 11.9 Å². The van der Waals surface area contributed by atoms with Gasteiger partial charge in [-0.05, 0) is 29.9 Å². The number of nitrogens with zero attached hydrogens (tertiary/aromatic N) is 5. The minimum Gasteiger partial charge on any atom is -0.408 e. The highest BCUT2D eigenvalue weighted by atomic mass is 32.5. The Kier molecular flexibility index (Phi) is 12.0. The molecular weight excluding hydrogens is 629 g/mol. The van der Waals surface area contributed by atoms with Crippen molar-refractivity contribution >= 4 is 49.9 Å². The van der Waals surface area contributed by atoms with Crippen LogP contribution in [0.25, 0.3) is 11.2 Å². The summed E-state index contributed by atoms with van der Waals surface area (Å²) in [4.78, 5) is 36.4. The van der Waals surface area contributed by atoms with Crippen LogP contribution in [0.5, 0.6) is 0 Å². The van der Waals surface area contributed by atoms with Gasteiger partial charge in [-0.3, -0.25) is 29.0 Å². The van der Waals surface area contributed by atoms with Crippen LogP contribution in [-0.2, 0) is 39.3 Å². The number of aliphatic hydroxyl groups excluding tert-OH is 1. The first kappa shape index (κ1) is 35.9. The van der Waals surface area contributed by atoms with E-state index in [-0.39, 0.29) is 60.0 Å². The molecule has 1 aliphatic heterocycles. The fourth-order valence-corrected chi connectivity index (χ4v) is 7.35. The van der Waals surface area contributed by atoms with Crippen LogP contribution < -0.4 is 10.9 Å². The van der Waals surface area contributed by atoms with Crippen LogP contribution in [0, 0.1) is 28.6 Å². The molecule has 0 aromatic carbocycles. The Morgan fingerprint density at radius 3 is 2.39 bits per heavy atom. The summed E-state index contributed by atoms with van der Waals surface area (Å²) in [6, 6.07) is 3.96. The van der Waals surface area contributed by atoms with Gasteiger partial charge in [-0.25, -0.2) is 4.98 Å². The van der Waals surface area contributed by atoms with Gasteiger partial charge in [-0.15, -0.1) is 0 Å². The zero-order valence-electron chi connectivity index (χ0n) is 25.9. The molecule has 242 valence electrons. The van der Waals surface area contributed by atoms with E-state index in [4.69, 9.17) is 45.1 Å². The van der Waals surface area contributed by atoms with Gasteiger partial charge in [0.1, 0.15) is 18.3 Å². The molecule has 1 aliphatic rings. The summed E-state index contributed by atoms with van der Waals surface area (Å²) in [5.41, 5.74) is -0.555. The van der Waals surface area contributed by atoms with Gasteiger partial charge < -0.3 is 23.3 Å². The summed E-state index contributed by atoms with van der Waals surface area (Å²) in [6.45, 7) is 9.40. The number of hydrogen-bond acceptors (Lipinski definition) is 13. The quantitative estimate of drug-likeness (QED) is 0.150. The van der Waals surface area contributed by atoms with E-state index >= 15 is 0 Å². The Labute approximate surface area is 262 Å². The number of anilines is 1. The van der Waals surface area contributed by atoms with Gasteiger partial charge in [0.15, 0.2) is 25.7 Å². The molecule has 0 bridgehead atoms. The van der Waals surface area contributed by atoms with Crippen molar-refractivity contribution in [1.82, 2.24) is 19.5 Å². The van der Waals surface area contributed by atoms with Gasteiger partial charge >= 0.3 is 6.72 Å². The second-order valence-corrected chi connectivity index (χ2v) is 19.7. The fraction of sp³-hybridized carbons (Fsp3) is 0.692. The summed E-state index contributed by atoms with van der Waals surface area (Å²) in [5.74, 6) is -0.817. The maximum atomic E-state index is 12.9. The molecule has 3 N–H and O–H groups in total. The van der Waals surface area contributed by atoms with Gasteiger partial charge in [-0.2, -0.15) is 15.5 Å². The Morgan fingerprint density at radius 1 is 1.25 bits per heavy atom. The van der Waals surface area contributed by atoms with Crippen molar-refractivity contribution in [3.8, 4) is 12.1 Å². The lowest BCUT2D eigenvalue weighted by Crippen LogP contribution is -2.50. The second-order valence-electron chi connectivity index (χ2n) is 12.0. The Morgan fingerprint density at radius 2 is 1.86 bits per heavy atom. The standard InChI is InChI=1S/C26H40N7O8PSSi/c1-16(2)22(35)31-25-30-21-18(23(36)32-25)29-15-33(21)24-20(40-42(43,37-12-8-10-27)38-13-9-11-28)19(17(14-34)39-24)41-44(6,7)26(3,4)5/h15-17,19-20,24,34H,8-9,12-14H2,1-7H3,(H2,30,31,32,35,36)/t17-,19-,20-,24-/m1/s1. The molecule has 44 heavy (non-hydrogen) atoms. The Bertz CT molecular complexity index is 1490. The molecule has 3 heterocycles. The molecule has 0 radical (unpaired) electrons. The van der Waals surface area contributed by atoms with Crippen molar-refractivity contribution in [2.24, 2.45) is 5.92 Å². The number of fused-ring (bicyclic) bond motifs is 1. The normalized spacial score (nSPS) is 21.0. The summed E-state index contributed by atoms with van der Waals surface area (Å²) >= 11 is 5.72. The number of nitrogens with one attached hydrogen (secondary N) is 2. The molecule has 0 unspecified atom stereocenters. The van der Waals surface area contributed by atoms with Gasteiger partial charge in [-0.1, -0.05) is 34.6 Å². The average Bonchev–Trinajstić information content (AvgIpc) is 3.49. The van der Waals surface area contributed by atoms with Crippen LogP contribution in [0.15, 0.2) is 11.1 Å². The van der Waals surface area contributed by atoms with Crippen LogP contribution in [0.1, 0.15) is 53.7 Å². The molecule has 1 fully saturated rings. The smallest absolute Gasteiger partial charge is 0.327 e. The lowest BCUT2D eigenvalue weighted by atomic mass is 10.1. The van der Waals surface area contributed by atoms with E-state index in [9.17, 15) is 14.7 Å². The number of aliphatic hydroxyl groups is 1. The van der Waals surface area contributed by atoms with Crippen LogP contribution >= 0.6 is 6.72 Å². The topological polar surface area (TPSA) is 207 Å². The number of carbonyl (C=O) groups is 1. The third-order valence-corrected chi connectivity index (χ3v) is 14.2. The monoisotopic (exact) mass is 669 g/mol. The van der Waals surface area contributed by atoms with Crippen molar-refractivity contribution in [1.29, 1.82) is 10.5 Å². The number of nitriles is 2. The number of hydrogen-bond donors (Lipinski definition) is 3. The lowest BCUT2D eigenvalue weighted by Gasteiger charge is -2.41. The van der Waals surface area contributed by atoms with Gasteiger partial charge in [0.25, 0.3) is 5.56 Å². The van der Waals surface area contributed by atoms with Crippen LogP contribution in [-0.4, -0.2) is 77.0 Å². The van der Waals surface area contributed by atoms with Crippen molar-refractivity contribution < 1.29 is 32.6 Å². The molecule has 0 spiro atoms. The fourth-order valence-electron chi connectivity index (χ4n) is 3.94. The predicted molar refractivity (Wildman–Crippen MR) is 166 cm³/mol. The summed E-state index contributed by atoms with van der Waals surface area (Å²) < 4.78 is 32.5. The number of H-pyrrole nitrogens is 1. The predicted octanol–water partition coefficient (Wildman–Crippen LogP) is 3.46. The number of imidazole rings is 1. The number of ether oxygens (including phenoxy) is 1. The Balaban J connectivity index is 2.15. The molecule has 0 aliphatic carbocycles. The third kappa shape index (κ3) is 8.36. The molecule has 2 aromatic rings. The molecule has 2 aromatic heterocycles. The maximum Gasteiger partial charge on any atom is 0.327 e. The highest BCUT2D eigenvalue weighted by Crippen LogP contribution is 2.55. The van der Waals surface area contributed by atoms with E-state index in [1.807, 2.05) is 25.2 Å². The van der Waals surface area contributed by atoms with Crippen LogP contribution in [0.4, 0.5) is 5.95 Å². The van der Waals surface area contributed by atoms with Crippen molar-refractivity contribution in [2.45, 2.75) is 90.1 Å². The zero-order valence-corrected chi connectivity index (χ0v) is 28.6.